The molecule has 0 unspecified atom stereocenters. The second kappa shape index (κ2) is 5.64. The van der Waals surface area contributed by atoms with Crippen molar-refractivity contribution in [1.29, 1.82) is 0 Å². The van der Waals surface area contributed by atoms with E-state index in [-0.39, 0.29) is 0 Å². The molecule has 2 aromatic heterocycles. The highest BCUT2D eigenvalue weighted by Gasteiger charge is 2.03. The summed E-state index contributed by atoms with van der Waals surface area (Å²) in [6.45, 7) is 3.52. The lowest BCUT2D eigenvalue weighted by Crippen LogP contribution is -2.14. The Morgan fingerprint density at radius 3 is 2.83 bits per heavy atom. The predicted molar refractivity (Wildman–Crippen MR) is 69.3 cm³/mol. The molecule has 0 aromatic carbocycles. The van der Waals surface area contributed by atoms with Crippen LogP contribution < -0.4 is 10.1 Å². The molecule has 0 aliphatic carbocycles. The number of aromatic nitrogens is 3. The smallest absolute Gasteiger partial charge is 0.213 e. The van der Waals surface area contributed by atoms with Crippen molar-refractivity contribution < 1.29 is 4.74 Å². The fourth-order valence-corrected chi connectivity index (χ4v) is 1.82. The molecule has 0 radical (unpaired) electrons. The Kier molecular flexibility index (Phi) is 3.94. The maximum Gasteiger partial charge on any atom is 0.213 e. The first-order chi connectivity index (χ1) is 8.69. The first-order valence-electron chi connectivity index (χ1n) is 5.89. The van der Waals surface area contributed by atoms with Crippen LogP contribution in [0.15, 0.2) is 24.4 Å². The van der Waals surface area contributed by atoms with Gasteiger partial charge in [0.15, 0.2) is 0 Å². The van der Waals surface area contributed by atoms with Crippen LogP contribution in [0.5, 0.6) is 5.88 Å². The fraction of sp³-hybridized carbons (Fsp3) is 0.385. The maximum atomic E-state index is 5.09. The van der Waals surface area contributed by atoms with Crippen molar-refractivity contribution in [2.45, 2.75) is 20.0 Å². The van der Waals surface area contributed by atoms with Crippen molar-refractivity contribution in [2.24, 2.45) is 7.05 Å². The van der Waals surface area contributed by atoms with Gasteiger partial charge in [-0.3, -0.25) is 4.68 Å². The molecule has 0 atom stereocenters. The second-order valence-corrected chi connectivity index (χ2v) is 4.19. The van der Waals surface area contributed by atoms with Crippen molar-refractivity contribution >= 4 is 0 Å². The van der Waals surface area contributed by atoms with Gasteiger partial charge in [-0.1, -0.05) is 6.07 Å². The molecule has 5 nitrogen and oxygen atoms in total. The Hall–Kier alpha value is -1.88. The number of rotatable bonds is 5. The van der Waals surface area contributed by atoms with Crippen LogP contribution in [-0.4, -0.2) is 21.9 Å². The second-order valence-electron chi connectivity index (χ2n) is 4.19. The third-order valence-electron chi connectivity index (χ3n) is 2.73. The van der Waals surface area contributed by atoms with Crippen LogP contribution >= 0.6 is 0 Å². The molecule has 96 valence electrons. The SMILES string of the molecule is COc1cccc(CNCc2cn(C)nc2C)n1. The molecular weight excluding hydrogens is 228 g/mol. The average Bonchev–Trinajstić information content (AvgIpc) is 2.68. The van der Waals surface area contributed by atoms with Gasteiger partial charge in [-0.05, 0) is 13.0 Å². The van der Waals surface area contributed by atoms with Crippen molar-refractivity contribution in [3.05, 3.63) is 41.3 Å². The first-order valence-corrected chi connectivity index (χ1v) is 5.89. The Morgan fingerprint density at radius 2 is 2.17 bits per heavy atom. The molecule has 0 spiro atoms. The molecule has 18 heavy (non-hydrogen) atoms. The van der Waals surface area contributed by atoms with Crippen molar-refractivity contribution in [1.82, 2.24) is 20.1 Å². The molecule has 1 N–H and O–H groups in total. The summed E-state index contributed by atoms with van der Waals surface area (Å²) in [6.07, 6.45) is 2.03. The van der Waals surface area contributed by atoms with Gasteiger partial charge in [0, 0.05) is 38.0 Å². The topological polar surface area (TPSA) is 52.0 Å². The van der Waals surface area contributed by atoms with Crippen LogP contribution in [-0.2, 0) is 20.1 Å². The Bertz CT molecular complexity index is 521. The molecule has 2 rings (SSSR count). The van der Waals surface area contributed by atoms with E-state index >= 15 is 0 Å². The Labute approximate surface area is 107 Å². The van der Waals surface area contributed by atoms with E-state index in [1.165, 1.54) is 5.56 Å². The first kappa shape index (κ1) is 12.6. The number of nitrogens with one attached hydrogen (secondary N) is 1. The van der Waals surface area contributed by atoms with Crippen LogP contribution in [0.25, 0.3) is 0 Å². The maximum absolute atomic E-state index is 5.09. The van der Waals surface area contributed by atoms with Crippen molar-refractivity contribution in [3.8, 4) is 5.88 Å². The largest absolute Gasteiger partial charge is 0.481 e. The number of nitrogens with zero attached hydrogens (tertiary/aromatic N) is 3. The zero-order valence-corrected chi connectivity index (χ0v) is 11.0. The Balaban J connectivity index is 1.90. The summed E-state index contributed by atoms with van der Waals surface area (Å²) in [4.78, 5) is 4.34. The summed E-state index contributed by atoms with van der Waals surface area (Å²) in [5.41, 5.74) is 3.24. The normalized spacial score (nSPS) is 10.6. The van der Waals surface area contributed by atoms with Gasteiger partial charge in [0.1, 0.15) is 0 Å². The standard InChI is InChI=1S/C13H18N4O/c1-10-11(9-17(2)16-10)7-14-8-12-5-4-6-13(15-12)18-3/h4-6,9,14H,7-8H2,1-3H3. The third-order valence-corrected chi connectivity index (χ3v) is 2.73. The highest BCUT2D eigenvalue weighted by Crippen LogP contribution is 2.07. The van der Waals surface area contributed by atoms with E-state index < -0.39 is 0 Å². The van der Waals surface area contributed by atoms with Gasteiger partial charge in [-0.15, -0.1) is 0 Å². The molecule has 0 fully saturated rings. The molecule has 0 amide bonds. The molecule has 5 heteroatoms. The third kappa shape index (κ3) is 3.07. The van der Waals surface area contributed by atoms with Gasteiger partial charge in [0.25, 0.3) is 0 Å². The summed E-state index contributed by atoms with van der Waals surface area (Å²) < 4.78 is 6.92. The summed E-state index contributed by atoms with van der Waals surface area (Å²) in [7, 11) is 3.55. The van der Waals surface area contributed by atoms with Crippen LogP contribution in [0.2, 0.25) is 0 Å². The van der Waals surface area contributed by atoms with E-state index in [1.54, 1.807) is 7.11 Å². The van der Waals surface area contributed by atoms with Crippen LogP contribution in [0.1, 0.15) is 17.0 Å². The number of aryl methyl sites for hydroxylation is 2. The van der Waals surface area contributed by atoms with E-state index in [2.05, 4.69) is 15.4 Å². The van der Waals surface area contributed by atoms with Crippen LogP contribution in [0.4, 0.5) is 0 Å². The molecule has 2 heterocycles. The number of hydrogen-bond donors (Lipinski definition) is 1. The zero-order valence-electron chi connectivity index (χ0n) is 11.0. The van der Waals surface area contributed by atoms with E-state index in [4.69, 9.17) is 4.74 Å². The quantitative estimate of drug-likeness (QED) is 0.867. The van der Waals surface area contributed by atoms with Crippen LogP contribution in [0.3, 0.4) is 0 Å². The van der Waals surface area contributed by atoms with Gasteiger partial charge in [0.2, 0.25) is 5.88 Å². The summed E-state index contributed by atoms with van der Waals surface area (Å²) in [6, 6.07) is 5.76. The highest BCUT2D eigenvalue weighted by atomic mass is 16.5. The lowest BCUT2D eigenvalue weighted by Gasteiger charge is -2.05. The average molecular weight is 246 g/mol. The minimum Gasteiger partial charge on any atom is -0.481 e. The predicted octanol–water partition coefficient (Wildman–Crippen LogP) is 1.42. The minimum atomic E-state index is 0.645. The van der Waals surface area contributed by atoms with Crippen molar-refractivity contribution in [3.63, 3.8) is 0 Å². The van der Waals surface area contributed by atoms with Gasteiger partial charge in [-0.25, -0.2) is 4.98 Å². The minimum absolute atomic E-state index is 0.645. The summed E-state index contributed by atoms with van der Waals surface area (Å²) in [5, 5.41) is 7.66. The lowest BCUT2D eigenvalue weighted by molar-refractivity contribution is 0.395. The molecule has 0 saturated carbocycles. The van der Waals surface area contributed by atoms with Gasteiger partial charge >= 0.3 is 0 Å². The highest BCUT2D eigenvalue weighted by molar-refractivity contribution is 5.17. The number of pyridine rings is 1. The van der Waals surface area contributed by atoms with E-state index in [0.717, 1.165) is 17.9 Å². The molecule has 2 aromatic rings. The van der Waals surface area contributed by atoms with Gasteiger partial charge < -0.3 is 10.1 Å². The number of methoxy groups -OCH3 is 1. The van der Waals surface area contributed by atoms with Gasteiger partial charge in [0.05, 0.1) is 18.5 Å². The summed E-state index contributed by atoms with van der Waals surface area (Å²) in [5.74, 6) is 0.645. The monoisotopic (exact) mass is 246 g/mol. The van der Waals surface area contributed by atoms with E-state index in [1.807, 2.05) is 43.0 Å². The van der Waals surface area contributed by atoms with Gasteiger partial charge in [-0.2, -0.15) is 5.10 Å². The molecular formula is C13H18N4O. The molecule has 0 aliphatic heterocycles. The lowest BCUT2D eigenvalue weighted by atomic mass is 10.2. The van der Waals surface area contributed by atoms with Crippen molar-refractivity contribution in [2.75, 3.05) is 7.11 Å². The van der Waals surface area contributed by atoms with E-state index in [0.29, 0.717) is 12.4 Å². The molecule has 0 bridgehead atoms. The number of hydrogen-bond acceptors (Lipinski definition) is 4. The fourth-order valence-electron chi connectivity index (χ4n) is 1.82. The zero-order chi connectivity index (χ0) is 13.0. The molecule has 0 saturated heterocycles. The molecule has 0 aliphatic rings. The Morgan fingerprint density at radius 1 is 1.33 bits per heavy atom. The summed E-state index contributed by atoms with van der Waals surface area (Å²) >= 11 is 0. The van der Waals surface area contributed by atoms with Crippen LogP contribution in [0, 0.1) is 6.92 Å². The number of ether oxygens (including phenoxy) is 1. The van der Waals surface area contributed by atoms with E-state index in [9.17, 15) is 0 Å².